The summed E-state index contributed by atoms with van der Waals surface area (Å²) in [6, 6.07) is 12.6. The Bertz CT molecular complexity index is 969. The topological polar surface area (TPSA) is 74.5 Å². The summed E-state index contributed by atoms with van der Waals surface area (Å²) in [5, 5.41) is 3.08. The van der Waals surface area contributed by atoms with Crippen molar-refractivity contribution in [1.82, 2.24) is 15.3 Å². The van der Waals surface area contributed by atoms with Crippen LogP contribution < -0.4 is 15.1 Å². The van der Waals surface area contributed by atoms with E-state index in [1.807, 2.05) is 30.5 Å². The zero-order valence-corrected chi connectivity index (χ0v) is 17.1. The average Bonchev–Trinajstić information content (AvgIpc) is 3.48. The van der Waals surface area contributed by atoms with E-state index in [1.54, 1.807) is 0 Å². The van der Waals surface area contributed by atoms with Gasteiger partial charge in [0.1, 0.15) is 11.3 Å². The summed E-state index contributed by atoms with van der Waals surface area (Å²) in [4.78, 5) is 26.2. The normalized spacial score (nSPS) is 17.6. The Labute approximate surface area is 176 Å². The third-order valence-electron chi connectivity index (χ3n) is 6.12. The molecular weight excluding hydrogens is 378 g/mol. The molecule has 0 saturated carbocycles. The number of fused-ring (bicyclic) bond motifs is 1. The molecule has 4 heterocycles. The molecule has 156 valence electrons. The Morgan fingerprint density at radius 1 is 1.03 bits per heavy atom. The summed E-state index contributed by atoms with van der Waals surface area (Å²) >= 11 is 0. The number of aromatic nitrogens is 2. The van der Waals surface area contributed by atoms with E-state index in [9.17, 15) is 4.79 Å². The number of anilines is 2. The Hall–Kier alpha value is -3.09. The fourth-order valence-corrected chi connectivity index (χ4v) is 4.32. The van der Waals surface area contributed by atoms with Crippen molar-refractivity contribution in [2.24, 2.45) is 5.92 Å². The van der Waals surface area contributed by atoms with Gasteiger partial charge >= 0.3 is 0 Å². The van der Waals surface area contributed by atoms with Gasteiger partial charge in [-0.1, -0.05) is 18.2 Å². The van der Waals surface area contributed by atoms with Gasteiger partial charge in [-0.3, -0.25) is 4.79 Å². The van der Waals surface area contributed by atoms with Gasteiger partial charge in [-0.25, -0.2) is 4.98 Å². The number of amides is 1. The summed E-state index contributed by atoms with van der Waals surface area (Å²) in [7, 11) is 0. The zero-order chi connectivity index (χ0) is 20.3. The summed E-state index contributed by atoms with van der Waals surface area (Å²) in [6.45, 7) is 4.25. The molecule has 2 aliphatic heterocycles. The molecule has 5 rings (SSSR count). The number of hydrogen-bond donors (Lipinski definition) is 1. The quantitative estimate of drug-likeness (QED) is 0.702. The van der Waals surface area contributed by atoms with Crippen LogP contribution in [0.4, 0.5) is 11.8 Å². The van der Waals surface area contributed by atoms with E-state index in [0.29, 0.717) is 12.6 Å². The van der Waals surface area contributed by atoms with Gasteiger partial charge in [-0.2, -0.15) is 4.98 Å². The number of carbonyl (C=O) groups is 1. The number of carbonyl (C=O) groups excluding carboxylic acids is 1. The summed E-state index contributed by atoms with van der Waals surface area (Å²) in [5.74, 6) is 1.19. The van der Waals surface area contributed by atoms with Gasteiger partial charge < -0.3 is 19.5 Å². The lowest BCUT2D eigenvalue weighted by atomic mass is 9.96. The van der Waals surface area contributed by atoms with Crippen molar-refractivity contribution in [1.29, 1.82) is 0 Å². The molecule has 2 fully saturated rings. The highest BCUT2D eigenvalue weighted by atomic mass is 16.4. The number of piperidine rings is 1. The van der Waals surface area contributed by atoms with E-state index in [-0.39, 0.29) is 11.8 Å². The van der Waals surface area contributed by atoms with E-state index < -0.39 is 0 Å². The molecule has 30 heavy (non-hydrogen) atoms. The van der Waals surface area contributed by atoms with Crippen LogP contribution in [0.1, 0.15) is 31.2 Å². The summed E-state index contributed by atoms with van der Waals surface area (Å²) in [6.07, 6.45) is 5.96. The molecular formula is C23H27N5O2. The van der Waals surface area contributed by atoms with Gasteiger partial charge in [0.2, 0.25) is 5.91 Å². The molecule has 0 radical (unpaired) electrons. The van der Waals surface area contributed by atoms with Crippen LogP contribution in [0.2, 0.25) is 0 Å². The number of nitrogens with zero attached hydrogens (tertiary/aromatic N) is 4. The monoisotopic (exact) mass is 405 g/mol. The Morgan fingerprint density at radius 3 is 2.57 bits per heavy atom. The fraction of sp³-hybridized carbons (Fsp3) is 0.435. The number of hydrogen-bond acceptors (Lipinski definition) is 6. The molecule has 2 aromatic heterocycles. The molecule has 2 saturated heterocycles. The summed E-state index contributed by atoms with van der Waals surface area (Å²) < 4.78 is 5.86. The number of oxazole rings is 1. The average molecular weight is 406 g/mol. The third kappa shape index (κ3) is 3.97. The van der Waals surface area contributed by atoms with Gasteiger partial charge in [-0.15, -0.1) is 0 Å². The molecule has 0 aliphatic carbocycles. The standard InChI is InChI=1S/C23H27N5O2/c29-22(25-16-17-7-8-21(24-15-17)27-11-3-4-12-27)18-9-13-28(14-10-18)23-26-19-5-1-2-6-20(19)30-23/h1-2,5-8,15,18H,3-4,9-14,16H2,(H,25,29). The lowest BCUT2D eigenvalue weighted by Crippen LogP contribution is -2.40. The number of nitrogens with one attached hydrogen (secondary N) is 1. The van der Waals surface area contributed by atoms with Crippen LogP contribution in [-0.2, 0) is 11.3 Å². The minimum absolute atomic E-state index is 0.0301. The molecule has 1 aromatic carbocycles. The lowest BCUT2D eigenvalue weighted by Gasteiger charge is -2.30. The Kier molecular flexibility index (Phi) is 5.26. The smallest absolute Gasteiger partial charge is 0.298 e. The van der Waals surface area contributed by atoms with Gasteiger partial charge in [0, 0.05) is 44.8 Å². The molecule has 2 aliphatic rings. The van der Waals surface area contributed by atoms with Crippen molar-refractivity contribution in [2.75, 3.05) is 36.0 Å². The molecule has 7 nitrogen and oxygen atoms in total. The van der Waals surface area contributed by atoms with Crippen molar-refractivity contribution in [3.05, 3.63) is 48.2 Å². The minimum Gasteiger partial charge on any atom is -0.423 e. The summed E-state index contributed by atoms with van der Waals surface area (Å²) in [5.41, 5.74) is 2.71. The Balaban J connectivity index is 1.11. The second-order valence-corrected chi connectivity index (χ2v) is 8.16. The second-order valence-electron chi connectivity index (χ2n) is 8.16. The van der Waals surface area contributed by atoms with Crippen LogP contribution in [0.15, 0.2) is 47.0 Å². The molecule has 0 bridgehead atoms. The van der Waals surface area contributed by atoms with Crippen LogP contribution in [0.3, 0.4) is 0 Å². The van der Waals surface area contributed by atoms with Crippen molar-refractivity contribution >= 4 is 28.8 Å². The molecule has 0 unspecified atom stereocenters. The number of benzene rings is 1. The van der Waals surface area contributed by atoms with E-state index >= 15 is 0 Å². The molecule has 1 N–H and O–H groups in total. The van der Waals surface area contributed by atoms with Crippen LogP contribution in [-0.4, -0.2) is 42.1 Å². The zero-order valence-electron chi connectivity index (χ0n) is 17.1. The first kappa shape index (κ1) is 18.9. The molecule has 1 amide bonds. The first-order chi connectivity index (χ1) is 14.8. The predicted octanol–water partition coefficient (Wildman–Crippen LogP) is 3.36. The van der Waals surface area contributed by atoms with E-state index in [4.69, 9.17) is 4.42 Å². The van der Waals surface area contributed by atoms with Crippen LogP contribution in [0.5, 0.6) is 0 Å². The minimum atomic E-state index is 0.0301. The largest absolute Gasteiger partial charge is 0.423 e. The van der Waals surface area contributed by atoms with E-state index in [0.717, 1.165) is 61.5 Å². The number of rotatable bonds is 5. The van der Waals surface area contributed by atoms with Gasteiger partial charge in [0.15, 0.2) is 5.58 Å². The third-order valence-corrected chi connectivity index (χ3v) is 6.12. The van der Waals surface area contributed by atoms with Crippen LogP contribution >= 0.6 is 0 Å². The molecule has 0 spiro atoms. The highest BCUT2D eigenvalue weighted by molar-refractivity contribution is 5.79. The second kappa shape index (κ2) is 8.34. The number of para-hydroxylation sites is 2. The van der Waals surface area contributed by atoms with Crippen molar-refractivity contribution < 1.29 is 9.21 Å². The highest BCUT2D eigenvalue weighted by Gasteiger charge is 2.27. The maximum Gasteiger partial charge on any atom is 0.298 e. The first-order valence-electron chi connectivity index (χ1n) is 10.8. The maximum atomic E-state index is 12.6. The maximum absolute atomic E-state index is 12.6. The van der Waals surface area contributed by atoms with Crippen LogP contribution in [0.25, 0.3) is 11.1 Å². The van der Waals surface area contributed by atoms with Gasteiger partial charge in [0.25, 0.3) is 6.01 Å². The van der Waals surface area contributed by atoms with E-state index in [2.05, 4.69) is 37.2 Å². The van der Waals surface area contributed by atoms with Gasteiger partial charge in [-0.05, 0) is 49.4 Å². The lowest BCUT2D eigenvalue weighted by molar-refractivity contribution is -0.125. The molecule has 3 aromatic rings. The van der Waals surface area contributed by atoms with E-state index in [1.165, 1.54) is 12.8 Å². The van der Waals surface area contributed by atoms with Gasteiger partial charge in [0.05, 0.1) is 0 Å². The molecule has 0 atom stereocenters. The predicted molar refractivity (Wildman–Crippen MR) is 116 cm³/mol. The van der Waals surface area contributed by atoms with Crippen molar-refractivity contribution in [3.8, 4) is 0 Å². The molecule has 7 heteroatoms. The van der Waals surface area contributed by atoms with Crippen molar-refractivity contribution in [3.63, 3.8) is 0 Å². The number of pyridine rings is 1. The SMILES string of the molecule is O=C(NCc1ccc(N2CCCC2)nc1)C1CCN(c2nc3ccccc3o2)CC1. The fourth-order valence-electron chi connectivity index (χ4n) is 4.32. The van der Waals surface area contributed by atoms with Crippen LogP contribution in [0, 0.1) is 5.92 Å². The Morgan fingerprint density at radius 2 is 1.83 bits per heavy atom. The highest BCUT2D eigenvalue weighted by Crippen LogP contribution is 2.26. The van der Waals surface area contributed by atoms with Crippen molar-refractivity contribution in [2.45, 2.75) is 32.2 Å². The first-order valence-corrected chi connectivity index (χ1v) is 10.8.